The van der Waals surface area contributed by atoms with E-state index in [1.165, 1.54) is 0 Å². The summed E-state index contributed by atoms with van der Waals surface area (Å²) in [6, 6.07) is 16.1. The van der Waals surface area contributed by atoms with Crippen molar-refractivity contribution in [1.82, 2.24) is 0 Å². The second-order valence-electron chi connectivity index (χ2n) is 4.70. The Bertz CT molecular complexity index is 574. The van der Waals surface area contributed by atoms with Crippen molar-refractivity contribution >= 4 is 6.21 Å². The van der Waals surface area contributed by atoms with E-state index in [0.29, 0.717) is 0 Å². The summed E-state index contributed by atoms with van der Waals surface area (Å²) in [7, 11) is 1.67. The van der Waals surface area contributed by atoms with E-state index < -0.39 is 0 Å². The molecule has 0 N–H and O–H groups in total. The van der Waals surface area contributed by atoms with Gasteiger partial charge in [0.2, 0.25) is 0 Å². The smallest absolute Gasteiger partial charge is 0.122 e. The fraction of sp³-hybridized carbons (Fsp3) is 0.235. The van der Waals surface area contributed by atoms with Crippen LogP contribution in [0.4, 0.5) is 0 Å². The van der Waals surface area contributed by atoms with Gasteiger partial charge >= 0.3 is 0 Å². The van der Waals surface area contributed by atoms with Gasteiger partial charge in [0.25, 0.3) is 0 Å². The summed E-state index contributed by atoms with van der Waals surface area (Å²) in [5, 5.41) is 4.01. The molecule has 0 bridgehead atoms. The average molecular weight is 269 g/mol. The van der Waals surface area contributed by atoms with Crippen LogP contribution in [0.25, 0.3) is 11.1 Å². The molecule has 0 radical (unpaired) electrons. The Hall–Kier alpha value is -2.29. The molecule has 2 aromatic rings. The molecule has 2 rings (SSSR count). The SMILES string of the molecule is COc1ccc(-c2ccccc2C=NOC(C)C)cc1. The maximum Gasteiger partial charge on any atom is 0.122 e. The van der Waals surface area contributed by atoms with Crippen LogP contribution in [-0.4, -0.2) is 19.4 Å². The van der Waals surface area contributed by atoms with Gasteiger partial charge in [0.05, 0.1) is 13.3 Å². The van der Waals surface area contributed by atoms with Gasteiger partial charge in [-0.25, -0.2) is 0 Å². The van der Waals surface area contributed by atoms with E-state index >= 15 is 0 Å². The maximum absolute atomic E-state index is 5.22. The second kappa shape index (κ2) is 6.75. The van der Waals surface area contributed by atoms with Crippen molar-refractivity contribution in [3.63, 3.8) is 0 Å². The number of hydrogen-bond acceptors (Lipinski definition) is 3. The molecule has 0 saturated carbocycles. The number of rotatable bonds is 5. The molecule has 0 aromatic heterocycles. The lowest BCUT2D eigenvalue weighted by Crippen LogP contribution is -1.96. The molecule has 0 aliphatic heterocycles. The highest BCUT2D eigenvalue weighted by atomic mass is 16.6. The predicted octanol–water partition coefficient (Wildman–Crippen LogP) is 4.12. The van der Waals surface area contributed by atoms with Gasteiger partial charge in [-0.15, -0.1) is 0 Å². The summed E-state index contributed by atoms with van der Waals surface area (Å²) in [5.41, 5.74) is 3.27. The van der Waals surface area contributed by atoms with Gasteiger partial charge in [0.15, 0.2) is 0 Å². The minimum atomic E-state index is 0.0828. The Labute approximate surface area is 119 Å². The zero-order valence-corrected chi connectivity index (χ0v) is 12.0. The molecular weight excluding hydrogens is 250 g/mol. The summed E-state index contributed by atoms with van der Waals surface area (Å²) in [5.74, 6) is 0.850. The Kier molecular flexibility index (Phi) is 4.77. The molecule has 0 saturated heterocycles. The van der Waals surface area contributed by atoms with Crippen LogP contribution in [0.15, 0.2) is 53.7 Å². The van der Waals surface area contributed by atoms with Crippen LogP contribution in [-0.2, 0) is 4.84 Å². The third-order valence-corrected chi connectivity index (χ3v) is 2.83. The van der Waals surface area contributed by atoms with Crippen molar-refractivity contribution in [3.05, 3.63) is 54.1 Å². The predicted molar refractivity (Wildman–Crippen MR) is 82.2 cm³/mol. The fourth-order valence-corrected chi connectivity index (χ4v) is 1.85. The molecule has 2 aromatic carbocycles. The van der Waals surface area contributed by atoms with Crippen LogP contribution < -0.4 is 4.74 Å². The normalized spacial score (nSPS) is 11.0. The van der Waals surface area contributed by atoms with E-state index in [1.807, 2.05) is 56.3 Å². The fourth-order valence-electron chi connectivity index (χ4n) is 1.85. The number of hydrogen-bond donors (Lipinski definition) is 0. The lowest BCUT2D eigenvalue weighted by molar-refractivity contribution is 0.0874. The molecule has 0 unspecified atom stereocenters. The molecule has 104 valence electrons. The molecule has 0 fully saturated rings. The van der Waals surface area contributed by atoms with Crippen molar-refractivity contribution < 1.29 is 9.57 Å². The van der Waals surface area contributed by atoms with E-state index in [9.17, 15) is 0 Å². The first-order chi connectivity index (χ1) is 9.70. The minimum absolute atomic E-state index is 0.0828. The molecule has 3 nitrogen and oxygen atoms in total. The van der Waals surface area contributed by atoms with Gasteiger partial charge in [-0.1, -0.05) is 41.6 Å². The van der Waals surface area contributed by atoms with Crippen molar-refractivity contribution in [2.75, 3.05) is 7.11 Å². The molecule has 3 heteroatoms. The standard InChI is InChI=1S/C17H19NO2/c1-13(2)20-18-12-15-6-4-5-7-17(15)14-8-10-16(19-3)11-9-14/h4-13H,1-3H3. The molecule has 0 heterocycles. The monoisotopic (exact) mass is 269 g/mol. The van der Waals surface area contributed by atoms with Gasteiger partial charge < -0.3 is 9.57 Å². The van der Waals surface area contributed by atoms with Crippen LogP contribution in [0.2, 0.25) is 0 Å². The van der Waals surface area contributed by atoms with E-state index in [0.717, 1.165) is 22.4 Å². The van der Waals surface area contributed by atoms with E-state index in [2.05, 4.69) is 11.2 Å². The molecular formula is C17H19NO2. The first kappa shape index (κ1) is 14.1. The van der Waals surface area contributed by atoms with Crippen LogP contribution in [0.1, 0.15) is 19.4 Å². The summed E-state index contributed by atoms with van der Waals surface area (Å²) in [4.78, 5) is 5.22. The number of ether oxygens (including phenoxy) is 1. The highest BCUT2D eigenvalue weighted by molar-refractivity contribution is 5.90. The summed E-state index contributed by atoms with van der Waals surface area (Å²) in [6.07, 6.45) is 1.83. The van der Waals surface area contributed by atoms with Gasteiger partial charge in [-0.05, 0) is 37.1 Å². The zero-order chi connectivity index (χ0) is 14.4. The molecule has 0 atom stereocenters. The Morgan fingerprint density at radius 3 is 2.35 bits per heavy atom. The Balaban J connectivity index is 2.28. The summed E-state index contributed by atoms with van der Waals surface area (Å²) < 4.78 is 5.18. The third kappa shape index (κ3) is 3.60. The van der Waals surface area contributed by atoms with Crippen LogP contribution in [0.3, 0.4) is 0 Å². The first-order valence-corrected chi connectivity index (χ1v) is 6.63. The zero-order valence-electron chi connectivity index (χ0n) is 12.0. The molecule has 0 aliphatic rings. The first-order valence-electron chi connectivity index (χ1n) is 6.63. The molecule has 0 aliphatic carbocycles. The summed E-state index contributed by atoms with van der Waals surface area (Å²) >= 11 is 0. The van der Waals surface area contributed by atoms with Crippen molar-refractivity contribution in [2.24, 2.45) is 5.16 Å². The van der Waals surface area contributed by atoms with E-state index in [-0.39, 0.29) is 6.10 Å². The summed E-state index contributed by atoms with van der Waals surface area (Å²) in [6.45, 7) is 3.90. The quantitative estimate of drug-likeness (QED) is 0.604. The number of nitrogens with zero attached hydrogens (tertiary/aromatic N) is 1. The van der Waals surface area contributed by atoms with Crippen LogP contribution in [0.5, 0.6) is 5.75 Å². The molecule has 0 spiro atoms. The highest BCUT2D eigenvalue weighted by Gasteiger charge is 2.03. The lowest BCUT2D eigenvalue weighted by atomic mass is 10.0. The Morgan fingerprint density at radius 2 is 1.70 bits per heavy atom. The van der Waals surface area contributed by atoms with Crippen molar-refractivity contribution in [3.8, 4) is 16.9 Å². The highest BCUT2D eigenvalue weighted by Crippen LogP contribution is 2.24. The number of benzene rings is 2. The van der Waals surface area contributed by atoms with Gasteiger partial charge in [-0.3, -0.25) is 0 Å². The van der Waals surface area contributed by atoms with Crippen molar-refractivity contribution in [2.45, 2.75) is 20.0 Å². The molecule has 20 heavy (non-hydrogen) atoms. The van der Waals surface area contributed by atoms with Crippen LogP contribution >= 0.6 is 0 Å². The lowest BCUT2D eigenvalue weighted by Gasteiger charge is -2.07. The van der Waals surface area contributed by atoms with E-state index in [1.54, 1.807) is 13.3 Å². The topological polar surface area (TPSA) is 30.8 Å². The average Bonchev–Trinajstić information content (AvgIpc) is 2.47. The third-order valence-electron chi connectivity index (χ3n) is 2.83. The van der Waals surface area contributed by atoms with Crippen molar-refractivity contribution in [1.29, 1.82) is 0 Å². The van der Waals surface area contributed by atoms with Crippen LogP contribution in [0, 0.1) is 0 Å². The van der Waals surface area contributed by atoms with Gasteiger partial charge in [0.1, 0.15) is 11.9 Å². The van der Waals surface area contributed by atoms with Gasteiger partial charge in [-0.2, -0.15) is 0 Å². The molecule has 0 amide bonds. The largest absolute Gasteiger partial charge is 0.497 e. The number of methoxy groups -OCH3 is 1. The van der Waals surface area contributed by atoms with Gasteiger partial charge in [0, 0.05) is 5.56 Å². The van der Waals surface area contributed by atoms with E-state index in [4.69, 9.17) is 9.57 Å². The second-order valence-corrected chi connectivity index (χ2v) is 4.70. The maximum atomic E-state index is 5.22. The number of oxime groups is 1. The minimum Gasteiger partial charge on any atom is -0.497 e. The Morgan fingerprint density at radius 1 is 1.00 bits per heavy atom.